The molecule has 0 saturated carbocycles. The van der Waals surface area contributed by atoms with E-state index in [1.807, 2.05) is 18.7 Å². The van der Waals surface area contributed by atoms with Gasteiger partial charge >= 0.3 is 6.03 Å². The minimum atomic E-state index is 0.0687. The van der Waals surface area contributed by atoms with E-state index in [4.69, 9.17) is 0 Å². The average Bonchev–Trinajstić information content (AvgIpc) is 2.72. The van der Waals surface area contributed by atoms with E-state index in [9.17, 15) is 4.79 Å². The highest BCUT2D eigenvalue weighted by molar-refractivity contribution is 5.74. The molecule has 15 heavy (non-hydrogen) atoms. The fourth-order valence-corrected chi connectivity index (χ4v) is 1.95. The van der Waals surface area contributed by atoms with Crippen molar-refractivity contribution in [3.8, 4) is 0 Å². The third kappa shape index (κ3) is 4.08. The van der Waals surface area contributed by atoms with Gasteiger partial charge in [-0.25, -0.2) is 4.79 Å². The number of likely N-dealkylation sites (tertiary alicyclic amines) is 1. The minimum Gasteiger partial charge on any atom is -0.337 e. The Morgan fingerprint density at radius 1 is 1.27 bits per heavy atom. The van der Waals surface area contributed by atoms with Crippen LogP contribution in [-0.2, 0) is 0 Å². The van der Waals surface area contributed by atoms with E-state index >= 15 is 0 Å². The summed E-state index contributed by atoms with van der Waals surface area (Å²) < 4.78 is 0. The molecule has 1 aliphatic rings. The Morgan fingerprint density at radius 2 is 1.87 bits per heavy atom. The van der Waals surface area contributed by atoms with Crippen LogP contribution in [0.25, 0.3) is 0 Å². The first-order valence-corrected chi connectivity index (χ1v) is 6.03. The lowest BCUT2D eigenvalue weighted by Gasteiger charge is -2.20. The van der Waals surface area contributed by atoms with E-state index in [0.717, 1.165) is 26.2 Å². The molecule has 1 fully saturated rings. The van der Waals surface area contributed by atoms with Crippen LogP contribution >= 0.6 is 0 Å². The molecule has 0 aliphatic carbocycles. The van der Waals surface area contributed by atoms with Crippen molar-refractivity contribution < 1.29 is 4.79 Å². The predicted octanol–water partition coefficient (Wildman–Crippen LogP) is 1.13. The third-order valence-electron chi connectivity index (χ3n) is 2.95. The molecular weight excluding hydrogens is 190 g/mol. The maximum Gasteiger partial charge on any atom is 0.317 e. The van der Waals surface area contributed by atoms with Gasteiger partial charge in [0, 0.05) is 26.2 Å². The molecule has 0 unspecified atom stereocenters. The molecule has 1 heterocycles. The molecule has 0 spiro atoms. The summed E-state index contributed by atoms with van der Waals surface area (Å²) in [5.41, 5.74) is 0. The van der Waals surface area contributed by atoms with Gasteiger partial charge in [0.15, 0.2) is 0 Å². The quantitative estimate of drug-likeness (QED) is 0.743. The molecule has 2 amide bonds. The van der Waals surface area contributed by atoms with Gasteiger partial charge in [0.25, 0.3) is 0 Å². The molecule has 88 valence electrons. The normalized spacial score (nSPS) is 16.7. The molecule has 0 atom stereocenters. The van der Waals surface area contributed by atoms with Crippen molar-refractivity contribution in [1.29, 1.82) is 0 Å². The first-order valence-electron chi connectivity index (χ1n) is 6.03. The number of nitrogens with zero attached hydrogens (tertiary/aromatic N) is 2. The lowest BCUT2D eigenvalue weighted by molar-refractivity contribution is 0.201. The number of hydrogen-bond donors (Lipinski definition) is 1. The Balaban J connectivity index is 2.10. The maximum atomic E-state index is 11.6. The largest absolute Gasteiger partial charge is 0.337 e. The molecule has 0 aromatic rings. The summed E-state index contributed by atoms with van der Waals surface area (Å²) in [4.78, 5) is 15.8. The Labute approximate surface area is 92.6 Å². The standard InChI is InChI=1S/C11H23N3O/c1-3-14(4-2)11(15)12-7-10-13-8-5-6-9-13/h3-10H2,1-2H3,(H,12,15). The molecule has 1 rings (SSSR count). The number of carbonyl (C=O) groups excluding carboxylic acids is 1. The van der Waals surface area contributed by atoms with Crippen LogP contribution in [0.15, 0.2) is 0 Å². The monoisotopic (exact) mass is 213 g/mol. The summed E-state index contributed by atoms with van der Waals surface area (Å²) in [6, 6.07) is 0.0687. The van der Waals surface area contributed by atoms with Crippen molar-refractivity contribution in [2.45, 2.75) is 26.7 Å². The summed E-state index contributed by atoms with van der Waals surface area (Å²) in [6.07, 6.45) is 2.62. The van der Waals surface area contributed by atoms with E-state index in [-0.39, 0.29) is 6.03 Å². The van der Waals surface area contributed by atoms with Crippen molar-refractivity contribution in [3.05, 3.63) is 0 Å². The van der Waals surface area contributed by atoms with Gasteiger partial charge in [0.05, 0.1) is 0 Å². The number of hydrogen-bond acceptors (Lipinski definition) is 2. The van der Waals surface area contributed by atoms with Gasteiger partial charge in [0.2, 0.25) is 0 Å². The summed E-state index contributed by atoms with van der Waals surface area (Å²) in [6.45, 7) is 9.73. The van der Waals surface area contributed by atoms with E-state index in [2.05, 4.69) is 10.2 Å². The molecule has 1 aliphatic heterocycles. The number of carbonyl (C=O) groups is 1. The van der Waals surface area contributed by atoms with Crippen LogP contribution in [0, 0.1) is 0 Å². The van der Waals surface area contributed by atoms with Crippen LogP contribution in [0.5, 0.6) is 0 Å². The number of urea groups is 1. The average molecular weight is 213 g/mol. The van der Waals surface area contributed by atoms with Crippen molar-refractivity contribution >= 4 is 6.03 Å². The zero-order chi connectivity index (χ0) is 11.1. The van der Waals surface area contributed by atoms with Crippen molar-refractivity contribution in [2.24, 2.45) is 0 Å². The summed E-state index contributed by atoms with van der Waals surface area (Å²) in [5, 5.41) is 2.96. The number of rotatable bonds is 5. The molecule has 1 N–H and O–H groups in total. The van der Waals surface area contributed by atoms with Crippen LogP contribution < -0.4 is 5.32 Å². The van der Waals surface area contributed by atoms with Crippen LogP contribution in [0.4, 0.5) is 4.79 Å². The summed E-state index contributed by atoms with van der Waals surface area (Å²) in [5.74, 6) is 0. The van der Waals surface area contributed by atoms with Gasteiger partial charge in [-0.1, -0.05) is 0 Å². The fraction of sp³-hybridized carbons (Fsp3) is 0.909. The second-order valence-corrected chi connectivity index (χ2v) is 3.95. The first-order chi connectivity index (χ1) is 7.27. The van der Waals surface area contributed by atoms with Gasteiger partial charge in [-0.05, 0) is 39.8 Å². The van der Waals surface area contributed by atoms with Gasteiger partial charge in [0.1, 0.15) is 0 Å². The van der Waals surface area contributed by atoms with E-state index in [0.29, 0.717) is 0 Å². The molecular formula is C11H23N3O. The van der Waals surface area contributed by atoms with Crippen LogP contribution in [0.2, 0.25) is 0 Å². The Morgan fingerprint density at radius 3 is 2.40 bits per heavy atom. The van der Waals surface area contributed by atoms with Crippen LogP contribution in [0.3, 0.4) is 0 Å². The minimum absolute atomic E-state index is 0.0687. The predicted molar refractivity (Wildman–Crippen MR) is 62.0 cm³/mol. The highest BCUT2D eigenvalue weighted by Gasteiger charge is 2.12. The second kappa shape index (κ2) is 6.67. The fourth-order valence-electron chi connectivity index (χ4n) is 1.95. The van der Waals surface area contributed by atoms with E-state index in [1.54, 1.807) is 0 Å². The number of amides is 2. The highest BCUT2D eigenvalue weighted by atomic mass is 16.2. The Hall–Kier alpha value is -0.770. The first kappa shape index (κ1) is 12.3. The molecule has 4 heteroatoms. The summed E-state index contributed by atoms with van der Waals surface area (Å²) in [7, 11) is 0. The summed E-state index contributed by atoms with van der Waals surface area (Å²) >= 11 is 0. The molecule has 1 saturated heterocycles. The number of nitrogens with one attached hydrogen (secondary N) is 1. The van der Waals surface area contributed by atoms with Gasteiger partial charge in [-0.2, -0.15) is 0 Å². The zero-order valence-electron chi connectivity index (χ0n) is 9.96. The van der Waals surface area contributed by atoms with E-state index in [1.165, 1.54) is 25.9 Å². The highest BCUT2D eigenvalue weighted by Crippen LogP contribution is 2.05. The lowest BCUT2D eigenvalue weighted by Crippen LogP contribution is -2.42. The zero-order valence-corrected chi connectivity index (χ0v) is 9.96. The van der Waals surface area contributed by atoms with Crippen LogP contribution in [0.1, 0.15) is 26.7 Å². The van der Waals surface area contributed by atoms with Crippen molar-refractivity contribution in [2.75, 3.05) is 39.3 Å². The van der Waals surface area contributed by atoms with Gasteiger partial charge in [-0.3, -0.25) is 0 Å². The van der Waals surface area contributed by atoms with Crippen LogP contribution in [-0.4, -0.2) is 55.1 Å². The van der Waals surface area contributed by atoms with E-state index < -0.39 is 0 Å². The molecule has 0 aromatic heterocycles. The van der Waals surface area contributed by atoms with Crippen molar-refractivity contribution in [1.82, 2.24) is 15.1 Å². The Kier molecular flexibility index (Phi) is 5.47. The second-order valence-electron chi connectivity index (χ2n) is 3.95. The van der Waals surface area contributed by atoms with Crippen molar-refractivity contribution in [3.63, 3.8) is 0 Å². The van der Waals surface area contributed by atoms with Gasteiger partial charge < -0.3 is 15.1 Å². The third-order valence-corrected chi connectivity index (χ3v) is 2.95. The SMILES string of the molecule is CCN(CC)C(=O)NCCN1CCCC1. The molecule has 4 nitrogen and oxygen atoms in total. The molecule has 0 aromatic carbocycles. The van der Waals surface area contributed by atoms with Gasteiger partial charge in [-0.15, -0.1) is 0 Å². The lowest BCUT2D eigenvalue weighted by atomic mass is 10.4. The Bertz CT molecular complexity index is 186. The topological polar surface area (TPSA) is 35.6 Å². The smallest absolute Gasteiger partial charge is 0.317 e. The molecule has 0 radical (unpaired) electrons. The molecule has 0 bridgehead atoms. The maximum absolute atomic E-state index is 11.6.